The Morgan fingerprint density at radius 1 is 1.15 bits per heavy atom. The van der Waals surface area contributed by atoms with Crippen molar-refractivity contribution in [2.75, 3.05) is 39.1 Å². The van der Waals surface area contributed by atoms with E-state index < -0.39 is 5.54 Å². The van der Waals surface area contributed by atoms with Crippen molar-refractivity contribution in [1.29, 1.82) is 0 Å². The van der Waals surface area contributed by atoms with E-state index in [2.05, 4.69) is 29.6 Å². The summed E-state index contributed by atoms with van der Waals surface area (Å²) in [5, 5.41) is 3.70. The van der Waals surface area contributed by atoms with E-state index in [0.717, 1.165) is 17.0 Å². The van der Waals surface area contributed by atoms with Gasteiger partial charge in [0.25, 0.3) is 5.91 Å². The lowest BCUT2D eigenvalue weighted by Crippen LogP contribution is -2.58. The summed E-state index contributed by atoms with van der Waals surface area (Å²) in [6.07, 6.45) is 0.583. The largest absolute Gasteiger partial charge is 0.494 e. The third-order valence-corrected chi connectivity index (χ3v) is 7.31. The van der Waals surface area contributed by atoms with Gasteiger partial charge in [0.1, 0.15) is 11.3 Å². The molecule has 2 fully saturated rings. The highest BCUT2D eigenvalue weighted by Crippen LogP contribution is 2.55. The van der Waals surface area contributed by atoms with Crippen LogP contribution in [-0.2, 0) is 4.79 Å². The first-order chi connectivity index (χ1) is 15.8. The predicted molar refractivity (Wildman–Crippen MR) is 127 cm³/mol. The number of nitrogens with zero attached hydrogens (tertiary/aromatic N) is 3. The first-order valence-corrected chi connectivity index (χ1v) is 11.7. The normalized spacial score (nSPS) is 28.0. The molecule has 0 radical (unpaired) electrons. The van der Waals surface area contributed by atoms with Gasteiger partial charge in [-0.15, -0.1) is 0 Å². The fourth-order valence-electron chi connectivity index (χ4n) is 5.77. The Morgan fingerprint density at radius 2 is 1.91 bits per heavy atom. The molecule has 0 aliphatic carbocycles. The standard InChI is InChI=1S/C26H32N4O3/c1-5-33-18-11-12-21-19(15-18)20-16-26(2)24(31)29(14-13-28(3)4)25(32)30(26)23(22(20)27-21)17-9-7-6-8-10-17/h6-12,15,20,22-23,27H,5,13-14,16H2,1-4H3/t20?,22?,23-,26+/m1/s1. The van der Waals surface area contributed by atoms with Crippen LogP contribution in [0.5, 0.6) is 5.75 Å². The molecular formula is C26H32N4O3. The minimum Gasteiger partial charge on any atom is -0.494 e. The second-order valence-electron chi connectivity index (χ2n) is 9.70. The van der Waals surface area contributed by atoms with Crippen LogP contribution < -0.4 is 10.1 Å². The first-order valence-electron chi connectivity index (χ1n) is 11.7. The van der Waals surface area contributed by atoms with E-state index in [1.54, 1.807) is 0 Å². The lowest BCUT2D eigenvalue weighted by Gasteiger charge is -2.48. The van der Waals surface area contributed by atoms with Gasteiger partial charge in [0.15, 0.2) is 0 Å². The Balaban J connectivity index is 1.59. The number of benzene rings is 2. The average Bonchev–Trinajstić information content (AvgIpc) is 3.24. The van der Waals surface area contributed by atoms with Gasteiger partial charge in [-0.1, -0.05) is 30.3 Å². The topological polar surface area (TPSA) is 65.1 Å². The summed E-state index contributed by atoms with van der Waals surface area (Å²) in [5.74, 6) is 0.838. The molecule has 174 valence electrons. The predicted octanol–water partition coefficient (Wildman–Crippen LogP) is 3.69. The van der Waals surface area contributed by atoms with Gasteiger partial charge >= 0.3 is 6.03 Å². The summed E-state index contributed by atoms with van der Waals surface area (Å²) >= 11 is 0. The molecule has 2 aromatic carbocycles. The van der Waals surface area contributed by atoms with Gasteiger partial charge in [-0.3, -0.25) is 9.69 Å². The smallest absolute Gasteiger partial charge is 0.328 e. The van der Waals surface area contributed by atoms with Crippen LogP contribution >= 0.6 is 0 Å². The SMILES string of the molecule is CCOc1ccc2c(c1)C1C[C@@]3(C)C(=O)N(CCN(C)C)C(=O)N3[C@H](c3ccccc3)C1N2. The number of piperidine rings is 1. The number of rotatable bonds is 6. The number of imide groups is 1. The monoisotopic (exact) mass is 448 g/mol. The van der Waals surface area contributed by atoms with Gasteiger partial charge in [-0.05, 0) is 63.7 Å². The van der Waals surface area contributed by atoms with Crippen molar-refractivity contribution in [2.45, 2.75) is 43.8 Å². The number of ether oxygens (including phenoxy) is 1. The fraction of sp³-hybridized carbons (Fsp3) is 0.462. The minimum atomic E-state index is -0.893. The molecule has 3 amide bonds. The van der Waals surface area contributed by atoms with Gasteiger partial charge in [0, 0.05) is 24.7 Å². The van der Waals surface area contributed by atoms with Crippen LogP contribution in [0.1, 0.15) is 43.4 Å². The molecule has 1 N–H and O–H groups in total. The quantitative estimate of drug-likeness (QED) is 0.683. The second kappa shape index (κ2) is 8.06. The van der Waals surface area contributed by atoms with Gasteiger partial charge in [0.2, 0.25) is 0 Å². The van der Waals surface area contributed by atoms with Crippen LogP contribution in [0, 0.1) is 0 Å². The van der Waals surface area contributed by atoms with E-state index in [0.29, 0.717) is 26.1 Å². The van der Waals surface area contributed by atoms with Crippen LogP contribution in [0.25, 0.3) is 0 Å². The highest BCUT2D eigenvalue weighted by atomic mass is 16.5. The molecule has 0 spiro atoms. The van der Waals surface area contributed by atoms with E-state index >= 15 is 0 Å². The summed E-state index contributed by atoms with van der Waals surface area (Å²) in [5.41, 5.74) is 2.37. The number of carbonyl (C=O) groups is 2. The molecule has 33 heavy (non-hydrogen) atoms. The summed E-state index contributed by atoms with van der Waals surface area (Å²) < 4.78 is 5.77. The number of hydrogen-bond donors (Lipinski definition) is 1. The minimum absolute atomic E-state index is 0.0158. The van der Waals surface area contributed by atoms with Crippen LogP contribution in [0.2, 0.25) is 0 Å². The third-order valence-electron chi connectivity index (χ3n) is 7.31. The zero-order valence-corrected chi connectivity index (χ0v) is 19.7. The zero-order valence-electron chi connectivity index (χ0n) is 19.7. The van der Waals surface area contributed by atoms with Crippen molar-refractivity contribution < 1.29 is 14.3 Å². The maximum absolute atomic E-state index is 13.7. The maximum atomic E-state index is 13.7. The Bertz CT molecular complexity index is 1070. The summed E-state index contributed by atoms with van der Waals surface area (Å²) in [6, 6.07) is 15.8. The molecule has 3 aliphatic rings. The average molecular weight is 449 g/mol. The Hall–Kier alpha value is -3.06. The number of urea groups is 1. The zero-order chi connectivity index (χ0) is 23.3. The van der Waals surface area contributed by atoms with Crippen LogP contribution in [0.3, 0.4) is 0 Å². The lowest BCUT2D eigenvalue weighted by atomic mass is 9.72. The molecule has 5 rings (SSSR count). The Morgan fingerprint density at radius 3 is 2.61 bits per heavy atom. The van der Waals surface area contributed by atoms with E-state index in [1.807, 2.05) is 62.0 Å². The lowest BCUT2D eigenvalue weighted by molar-refractivity contribution is -0.135. The van der Waals surface area contributed by atoms with Gasteiger partial charge in [-0.2, -0.15) is 0 Å². The summed E-state index contributed by atoms with van der Waals surface area (Å²) in [7, 11) is 3.90. The second-order valence-corrected chi connectivity index (χ2v) is 9.70. The number of fused-ring (bicyclic) bond motifs is 4. The van der Waals surface area contributed by atoms with Gasteiger partial charge in [0.05, 0.1) is 18.7 Å². The Kier molecular flexibility index (Phi) is 5.32. The molecular weight excluding hydrogens is 416 g/mol. The van der Waals surface area contributed by atoms with Crippen molar-refractivity contribution in [3.8, 4) is 5.75 Å². The van der Waals surface area contributed by atoms with Gasteiger partial charge < -0.3 is 19.9 Å². The molecule has 7 nitrogen and oxygen atoms in total. The molecule has 0 saturated carbocycles. The summed E-state index contributed by atoms with van der Waals surface area (Å²) in [6.45, 7) is 5.56. The van der Waals surface area contributed by atoms with Crippen molar-refractivity contribution in [3.63, 3.8) is 0 Å². The molecule has 2 saturated heterocycles. The van der Waals surface area contributed by atoms with Crippen molar-refractivity contribution in [2.24, 2.45) is 0 Å². The van der Waals surface area contributed by atoms with Crippen LogP contribution in [0.4, 0.5) is 10.5 Å². The van der Waals surface area contributed by atoms with Crippen molar-refractivity contribution >= 4 is 17.6 Å². The number of nitrogens with one attached hydrogen (secondary N) is 1. The number of amides is 3. The van der Waals surface area contributed by atoms with Crippen molar-refractivity contribution in [1.82, 2.24) is 14.7 Å². The Labute approximate surface area is 195 Å². The molecule has 0 bridgehead atoms. The van der Waals surface area contributed by atoms with Crippen LogP contribution in [-0.4, -0.2) is 72.0 Å². The number of carbonyl (C=O) groups excluding carboxylic acids is 2. The van der Waals surface area contributed by atoms with E-state index in [4.69, 9.17) is 4.74 Å². The molecule has 3 aliphatic heterocycles. The molecule has 2 aromatic rings. The van der Waals surface area contributed by atoms with E-state index in [-0.39, 0.29) is 29.9 Å². The molecule has 3 heterocycles. The summed E-state index contributed by atoms with van der Waals surface area (Å²) in [4.78, 5) is 32.7. The highest BCUT2D eigenvalue weighted by Gasteiger charge is 2.63. The molecule has 0 aromatic heterocycles. The molecule has 4 atom stereocenters. The first kappa shape index (κ1) is 21.8. The van der Waals surface area contributed by atoms with E-state index in [9.17, 15) is 9.59 Å². The maximum Gasteiger partial charge on any atom is 0.328 e. The number of hydrogen-bond acceptors (Lipinski definition) is 5. The highest BCUT2D eigenvalue weighted by molar-refractivity contribution is 6.07. The fourth-order valence-corrected chi connectivity index (χ4v) is 5.77. The van der Waals surface area contributed by atoms with Gasteiger partial charge in [-0.25, -0.2) is 4.79 Å². The van der Waals surface area contributed by atoms with Crippen LogP contribution in [0.15, 0.2) is 48.5 Å². The number of anilines is 1. The number of likely N-dealkylation sites (N-methyl/N-ethyl adjacent to an activating group) is 1. The van der Waals surface area contributed by atoms with E-state index in [1.165, 1.54) is 10.5 Å². The third kappa shape index (κ3) is 3.37. The van der Waals surface area contributed by atoms with Crippen molar-refractivity contribution in [3.05, 3.63) is 59.7 Å². The molecule has 2 unspecified atom stereocenters. The molecule has 7 heteroatoms.